The highest BCUT2D eigenvalue weighted by Gasteiger charge is 2.34. The van der Waals surface area contributed by atoms with Gasteiger partial charge in [-0.15, -0.1) is 11.3 Å². The summed E-state index contributed by atoms with van der Waals surface area (Å²) in [7, 11) is 0. The van der Waals surface area contributed by atoms with E-state index in [-0.39, 0.29) is 0 Å². The summed E-state index contributed by atoms with van der Waals surface area (Å²) in [5.41, 5.74) is -0.794. The lowest BCUT2D eigenvalue weighted by atomic mass is 10.3. The molecule has 2 heterocycles. The fourth-order valence-electron chi connectivity index (χ4n) is 1.35. The maximum atomic E-state index is 12.3. The highest BCUT2D eigenvalue weighted by atomic mass is 32.1. The van der Waals surface area contributed by atoms with E-state index < -0.39 is 11.9 Å². The van der Waals surface area contributed by atoms with Crippen LogP contribution in [0, 0.1) is 0 Å². The Hall–Kier alpha value is -1.04. The molecule has 0 saturated heterocycles. The summed E-state index contributed by atoms with van der Waals surface area (Å²) in [5, 5.41) is 1.51. The summed E-state index contributed by atoms with van der Waals surface area (Å²) >= 11 is 1.04. The van der Waals surface area contributed by atoms with Crippen LogP contribution in [0.5, 0.6) is 0 Å². The third-order valence-electron chi connectivity index (χ3n) is 2.11. The topological polar surface area (TPSA) is 16.1 Å². The Labute approximate surface area is 89.0 Å². The van der Waals surface area contributed by atoms with Gasteiger partial charge in [-0.2, -0.15) is 13.2 Å². The predicted molar refractivity (Wildman–Crippen MR) is 53.1 cm³/mol. The van der Waals surface area contributed by atoms with E-state index in [1.54, 1.807) is 0 Å². The monoisotopic (exact) mass is 234 g/mol. The quantitative estimate of drug-likeness (QED) is 0.694. The Kier molecular flexibility index (Phi) is 2.68. The van der Waals surface area contributed by atoms with Gasteiger partial charge in [0.05, 0.1) is 0 Å². The van der Waals surface area contributed by atoms with E-state index in [2.05, 4.69) is 4.98 Å². The van der Waals surface area contributed by atoms with Crippen LogP contribution in [0.2, 0.25) is 0 Å². The van der Waals surface area contributed by atoms with E-state index in [0.717, 1.165) is 29.7 Å². The smallest absolute Gasteiger partial charge is 0.344 e. The van der Waals surface area contributed by atoms with E-state index in [1.165, 1.54) is 0 Å². The fraction of sp³-hybridized carbons (Fsp3) is 0.444. The van der Waals surface area contributed by atoms with E-state index in [4.69, 9.17) is 0 Å². The number of thiazole rings is 1. The molecule has 0 fully saturated rings. The highest BCUT2D eigenvalue weighted by molar-refractivity contribution is 7.13. The van der Waals surface area contributed by atoms with Crippen LogP contribution in [0.4, 0.5) is 18.3 Å². The zero-order valence-corrected chi connectivity index (χ0v) is 8.61. The van der Waals surface area contributed by atoms with Gasteiger partial charge in [-0.25, -0.2) is 4.98 Å². The van der Waals surface area contributed by atoms with Gasteiger partial charge in [0.15, 0.2) is 10.8 Å². The lowest BCUT2D eigenvalue weighted by molar-refractivity contribution is -0.140. The molecule has 2 rings (SSSR count). The van der Waals surface area contributed by atoms with Gasteiger partial charge in [0, 0.05) is 18.5 Å². The average Bonchev–Trinajstić information content (AvgIpc) is 2.67. The van der Waals surface area contributed by atoms with Gasteiger partial charge in [0.1, 0.15) is 0 Å². The summed E-state index contributed by atoms with van der Waals surface area (Å²) in [5.74, 6) is 0. The Balaban J connectivity index is 2.16. The Bertz CT molecular complexity index is 370. The fourth-order valence-corrected chi connectivity index (χ4v) is 2.22. The summed E-state index contributed by atoms with van der Waals surface area (Å²) in [6, 6.07) is 0. The van der Waals surface area contributed by atoms with Gasteiger partial charge in [-0.1, -0.05) is 12.2 Å². The first-order valence-corrected chi connectivity index (χ1v) is 5.38. The molecule has 1 aromatic heterocycles. The van der Waals surface area contributed by atoms with Gasteiger partial charge < -0.3 is 4.90 Å². The van der Waals surface area contributed by atoms with Crippen molar-refractivity contribution in [1.82, 2.24) is 4.98 Å². The predicted octanol–water partition coefficient (Wildman–Crippen LogP) is 2.93. The van der Waals surface area contributed by atoms with Crippen LogP contribution in [-0.2, 0) is 6.18 Å². The minimum absolute atomic E-state index is 0.451. The lowest BCUT2D eigenvalue weighted by Crippen LogP contribution is -2.26. The molecule has 0 atom stereocenters. The van der Waals surface area contributed by atoms with Crippen molar-refractivity contribution in [2.75, 3.05) is 18.0 Å². The van der Waals surface area contributed by atoms with Crippen LogP contribution >= 0.6 is 11.3 Å². The van der Waals surface area contributed by atoms with Crippen LogP contribution in [-0.4, -0.2) is 18.1 Å². The molecule has 0 spiro atoms. The number of alkyl halides is 3. The second-order valence-electron chi connectivity index (χ2n) is 3.22. The minimum Gasteiger partial charge on any atom is -0.344 e. The van der Waals surface area contributed by atoms with Gasteiger partial charge in [0.25, 0.3) is 0 Å². The van der Waals surface area contributed by atoms with Gasteiger partial charge in [0.2, 0.25) is 0 Å². The van der Waals surface area contributed by atoms with Crippen molar-refractivity contribution in [1.29, 1.82) is 0 Å². The molecule has 0 saturated carbocycles. The van der Waals surface area contributed by atoms with E-state index >= 15 is 0 Å². The third kappa shape index (κ3) is 2.31. The molecular weight excluding hydrogens is 225 g/mol. The molecule has 0 radical (unpaired) electrons. The van der Waals surface area contributed by atoms with Crippen LogP contribution in [0.1, 0.15) is 12.1 Å². The molecule has 0 aromatic carbocycles. The van der Waals surface area contributed by atoms with Crippen LogP contribution in [0.3, 0.4) is 0 Å². The van der Waals surface area contributed by atoms with E-state index in [1.807, 2.05) is 17.1 Å². The number of hydrogen-bond acceptors (Lipinski definition) is 3. The first kappa shape index (κ1) is 10.5. The summed E-state index contributed by atoms with van der Waals surface area (Å²) in [6.07, 6.45) is 0.494. The molecule has 15 heavy (non-hydrogen) atoms. The van der Waals surface area contributed by atoms with E-state index in [0.29, 0.717) is 11.7 Å². The number of nitrogens with zero attached hydrogens (tertiary/aromatic N) is 2. The molecule has 6 heteroatoms. The van der Waals surface area contributed by atoms with Crippen molar-refractivity contribution in [2.45, 2.75) is 12.6 Å². The third-order valence-corrected chi connectivity index (χ3v) is 3.01. The molecule has 0 bridgehead atoms. The maximum absolute atomic E-state index is 12.3. The molecule has 1 aliphatic heterocycles. The second kappa shape index (κ2) is 3.84. The molecule has 0 amide bonds. The largest absolute Gasteiger partial charge is 0.434 e. The molecule has 0 N–H and O–H groups in total. The molecular formula is C9H9F3N2S. The van der Waals surface area contributed by atoms with Crippen LogP contribution < -0.4 is 4.90 Å². The maximum Gasteiger partial charge on any atom is 0.434 e. The Morgan fingerprint density at radius 3 is 2.67 bits per heavy atom. The van der Waals surface area contributed by atoms with Crippen LogP contribution in [0.25, 0.3) is 0 Å². The van der Waals surface area contributed by atoms with Crippen molar-refractivity contribution in [2.24, 2.45) is 0 Å². The highest BCUT2D eigenvalue weighted by Crippen LogP contribution is 2.33. The first-order chi connectivity index (χ1) is 7.07. The standard InChI is InChI=1S/C9H9F3N2S/c10-9(11,12)7-6-15-8(13-7)14-4-2-1-3-5-14/h1-2,6H,3-5H2. The van der Waals surface area contributed by atoms with Crippen molar-refractivity contribution >= 4 is 16.5 Å². The normalized spacial score (nSPS) is 17.1. The summed E-state index contributed by atoms with van der Waals surface area (Å²) < 4.78 is 36.8. The molecule has 0 aliphatic carbocycles. The molecule has 0 unspecified atom stereocenters. The number of rotatable bonds is 1. The van der Waals surface area contributed by atoms with Crippen LogP contribution in [0.15, 0.2) is 17.5 Å². The zero-order chi connectivity index (χ0) is 10.9. The Morgan fingerprint density at radius 1 is 1.33 bits per heavy atom. The summed E-state index contributed by atoms with van der Waals surface area (Å²) in [6.45, 7) is 1.38. The van der Waals surface area contributed by atoms with Crippen molar-refractivity contribution < 1.29 is 13.2 Å². The Morgan fingerprint density at radius 2 is 2.13 bits per heavy atom. The first-order valence-electron chi connectivity index (χ1n) is 4.50. The van der Waals surface area contributed by atoms with Crippen molar-refractivity contribution in [3.63, 3.8) is 0 Å². The second-order valence-corrected chi connectivity index (χ2v) is 4.06. The van der Waals surface area contributed by atoms with Crippen molar-refractivity contribution in [3.05, 3.63) is 23.2 Å². The zero-order valence-electron chi connectivity index (χ0n) is 7.79. The number of hydrogen-bond donors (Lipinski definition) is 0. The molecule has 2 nitrogen and oxygen atoms in total. The number of aromatic nitrogens is 1. The number of anilines is 1. The molecule has 1 aliphatic rings. The van der Waals surface area contributed by atoms with Gasteiger partial charge >= 0.3 is 6.18 Å². The minimum atomic E-state index is -4.33. The molecule has 1 aromatic rings. The number of halogens is 3. The summed E-state index contributed by atoms with van der Waals surface area (Å²) in [4.78, 5) is 5.44. The van der Waals surface area contributed by atoms with Gasteiger partial charge in [-0.05, 0) is 6.42 Å². The van der Waals surface area contributed by atoms with Crippen molar-refractivity contribution in [3.8, 4) is 0 Å². The van der Waals surface area contributed by atoms with Gasteiger partial charge in [-0.3, -0.25) is 0 Å². The molecule has 82 valence electrons. The lowest BCUT2D eigenvalue weighted by Gasteiger charge is -2.22. The SMILES string of the molecule is FC(F)(F)c1csc(N2CC=CCC2)n1. The average molecular weight is 234 g/mol. The van der Waals surface area contributed by atoms with E-state index in [9.17, 15) is 13.2 Å².